The van der Waals surface area contributed by atoms with E-state index < -0.39 is 6.09 Å². The number of carbonyl (C=O) groups excluding carboxylic acids is 3. The van der Waals surface area contributed by atoms with Crippen molar-refractivity contribution < 1.29 is 28.6 Å². The molecule has 0 saturated carbocycles. The average Bonchev–Trinajstić information content (AvgIpc) is 2.84. The summed E-state index contributed by atoms with van der Waals surface area (Å²) in [6.07, 6.45) is -0.577. The van der Waals surface area contributed by atoms with Crippen molar-refractivity contribution in [3.8, 4) is 11.5 Å². The van der Waals surface area contributed by atoms with Crippen molar-refractivity contribution >= 4 is 35.0 Å². The first-order valence-corrected chi connectivity index (χ1v) is 9.90. The van der Waals surface area contributed by atoms with Crippen LogP contribution < -0.4 is 25.4 Å². The number of ether oxygens (including phenoxy) is 3. The Bertz CT molecular complexity index is 1110. The first-order chi connectivity index (χ1) is 16.0. The van der Waals surface area contributed by atoms with Crippen LogP contribution in [0.4, 0.5) is 21.9 Å². The summed E-state index contributed by atoms with van der Waals surface area (Å²) in [7, 11) is 2.83. The van der Waals surface area contributed by atoms with Gasteiger partial charge in [0.05, 0.1) is 14.2 Å². The summed E-state index contributed by atoms with van der Waals surface area (Å²) in [6, 6.07) is 20.0. The quantitative estimate of drug-likeness (QED) is 0.476. The van der Waals surface area contributed by atoms with E-state index >= 15 is 0 Å². The molecule has 3 amide bonds. The van der Waals surface area contributed by atoms with Gasteiger partial charge in [0.1, 0.15) is 11.5 Å². The summed E-state index contributed by atoms with van der Waals surface area (Å²) in [5, 5.41) is 8.01. The SMILES string of the molecule is COC(=O)Nc1ccc(NC(=O)c2ccc(OCC(=O)Nc3cccc(OC)c3)cc2)cc1. The Morgan fingerprint density at radius 1 is 0.727 bits per heavy atom. The smallest absolute Gasteiger partial charge is 0.411 e. The maximum Gasteiger partial charge on any atom is 0.411 e. The highest BCUT2D eigenvalue weighted by molar-refractivity contribution is 6.04. The summed E-state index contributed by atoms with van der Waals surface area (Å²) < 4.78 is 15.1. The standard InChI is InChI=1S/C24H23N3O6/c1-31-21-5-3-4-19(14-21)25-22(28)15-33-20-12-6-16(7-13-20)23(29)26-17-8-10-18(11-9-17)27-24(30)32-2/h3-14H,15H2,1-2H3,(H,25,28)(H,26,29)(H,27,30). The predicted molar refractivity (Wildman–Crippen MR) is 124 cm³/mol. The molecule has 3 N–H and O–H groups in total. The van der Waals surface area contributed by atoms with Crippen molar-refractivity contribution in [3.63, 3.8) is 0 Å². The van der Waals surface area contributed by atoms with Crippen molar-refractivity contribution in [3.05, 3.63) is 78.4 Å². The fourth-order valence-corrected chi connectivity index (χ4v) is 2.76. The Morgan fingerprint density at radius 2 is 1.39 bits per heavy atom. The lowest BCUT2D eigenvalue weighted by Gasteiger charge is -2.10. The Morgan fingerprint density at radius 3 is 2.03 bits per heavy atom. The second-order valence-corrected chi connectivity index (χ2v) is 6.74. The zero-order chi connectivity index (χ0) is 23.6. The van der Waals surface area contributed by atoms with Gasteiger partial charge in [0.15, 0.2) is 6.61 Å². The molecule has 0 aromatic heterocycles. The summed E-state index contributed by atoms with van der Waals surface area (Å²) in [5.41, 5.74) is 2.12. The molecule has 0 radical (unpaired) electrons. The first kappa shape index (κ1) is 23.1. The number of anilines is 3. The van der Waals surface area contributed by atoms with E-state index in [1.807, 2.05) is 0 Å². The molecule has 3 aromatic rings. The molecule has 0 fully saturated rings. The van der Waals surface area contributed by atoms with Crippen molar-refractivity contribution in [2.75, 3.05) is 36.8 Å². The van der Waals surface area contributed by atoms with Gasteiger partial charge in [-0.15, -0.1) is 0 Å². The highest BCUT2D eigenvalue weighted by atomic mass is 16.5. The summed E-state index contributed by atoms with van der Waals surface area (Å²) in [5.74, 6) is 0.447. The molecule has 0 spiro atoms. The molecule has 0 aliphatic carbocycles. The number of hydrogen-bond acceptors (Lipinski definition) is 6. The van der Waals surface area contributed by atoms with E-state index in [0.29, 0.717) is 34.1 Å². The van der Waals surface area contributed by atoms with Gasteiger partial charge < -0.3 is 24.8 Å². The minimum absolute atomic E-state index is 0.186. The van der Waals surface area contributed by atoms with Gasteiger partial charge in [-0.05, 0) is 60.7 Å². The van der Waals surface area contributed by atoms with E-state index in [2.05, 4.69) is 20.7 Å². The number of benzene rings is 3. The highest BCUT2D eigenvalue weighted by Gasteiger charge is 2.09. The molecule has 9 heteroatoms. The molecule has 3 rings (SSSR count). The van der Waals surface area contributed by atoms with E-state index in [1.54, 1.807) is 79.9 Å². The lowest BCUT2D eigenvalue weighted by Crippen LogP contribution is -2.20. The van der Waals surface area contributed by atoms with Gasteiger partial charge >= 0.3 is 6.09 Å². The number of hydrogen-bond donors (Lipinski definition) is 3. The Labute approximate surface area is 190 Å². The van der Waals surface area contributed by atoms with Crippen molar-refractivity contribution in [1.82, 2.24) is 0 Å². The fraction of sp³-hybridized carbons (Fsp3) is 0.125. The lowest BCUT2D eigenvalue weighted by atomic mass is 10.2. The maximum absolute atomic E-state index is 12.4. The Hall–Kier alpha value is -4.53. The van der Waals surface area contributed by atoms with Gasteiger partial charge in [0, 0.05) is 28.7 Å². The van der Waals surface area contributed by atoms with E-state index in [0.717, 1.165) is 0 Å². The second kappa shape index (κ2) is 11.2. The average molecular weight is 449 g/mol. The topological polar surface area (TPSA) is 115 Å². The molecule has 0 saturated heterocycles. The molecule has 0 bridgehead atoms. The molecule has 0 aliphatic heterocycles. The fourth-order valence-electron chi connectivity index (χ4n) is 2.76. The van der Waals surface area contributed by atoms with Crippen LogP contribution in [0.2, 0.25) is 0 Å². The van der Waals surface area contributed by atoms with Crippen LogP contribution in [0.15, 0.2) is 72.8 Å². The second-order valence-electron chi connectivity index (χ2n) is 6.74. The van der Waals surface area contributed by atoms with Crippen LogP contribution in [-0.4, -0.2) is 38.7 Å². The van der Waals surface area contributed by atoms with Crippen LogP contribution in [0.3, 0.4) is 0 Å². The van der Waals surface area contributed by atoms with E-state index in [4.69, 9.17) is 9.47 Å². The van der Waals surface area contributed by atoms with Gasteiger partial charge in [0.25, 0.3) is 11.8 Å². The van der Waals surface area contributed by atoms with Crippen LogP contribution in [0.1, 0.15) is 10.4 Å². The third kappa shape index (κ3) is 7.00. The van der Waals surface area contributed by atoms with E-state index in [9.17, 15) is 14.4 Å². The van der Waals surface area contributed by atoms with E-state index in [-0.39, 0.29) is 18.4 Å². The van der Waals surface area contributed by atoms with Gasteiger partial charge in [0.2, 0.25) is 0 Å². The number of rotatable bonds is 8. The third-order valence-corrected chi connectivity index (χ3v) is 4.41. The zero-order valence-corrected chi connectivity index (χ0v) is 18.1. The predicted octanol–water partition coefficient (Wildman–Crippen LogP) is 4.14. The van der Waals surface area contributed by atoms with Gasteiger partial charge in [-0.25, -0.2) is 4.79 Å². The molecule has 9 nitrogen and oxygen atoms in total. The summed E-state index contributed by atoms with van der Waals surface area (Å²) in [6.45, 7) is -0.186. The lowest BCUT2D eigenvalue weighted by molar-refractivity contribution is -0.118. The van der Waals surface area contributed by atoms with Crippen molar-refractivity contribution in [2.45, 2.75) is 0 Å². The van der Waals surface area contributed by atoms with Crippen molar-refractivity contribution in [1.29, 1.82) is 0 Å². The molecule has 0 atom stereocenters. The van der Waals surface area contributed by atoms with Crippen LogP contribution in [-0.2, 0) is 9.53 Å². The first-order valence-electron chi connectivity index (χ1n) is 9.90. The third-order valence-electron chi connectivity index (χ3n) is 4.41. The Balaban J connectivity index is 1.49. The molecule has 170 valence electrons. The van der Waals surface area contributed by atoms with Crippen LogP contribution in [0.5, 0.6) is 11.5 Å². The molecule has 0 heterocycles. The largest absolute Gasteiger partial charge is 0.497 e. The monoisotopic (exact) mass is 449 g/mol. The molecule has 0 unspecified atom stereocenters. The van der Waals surface area contributed by atoms with Crippen molar-refractivity contribution in [2.24, 2.45) is 0 Å². The minimum Gasteiger partial charge on any atom is -0.497 e. The van der Waals surface area contributed by atoms with E-state index in [1.165, 1.54) is 7.11 Å². The van der Waals surface area contributed by atoms with Crippen LogP contribution in [0, 0.1) is 0 Å². The van der Waals surface area contributed by atoms with Crippen LogP contribution in [0.25, 0.3) is 0 Å². The van der Waals surface area contributed by atoms with Gasteiger partial charge in [-0.3, -0.25) is 14.9 Å². The maximum atomic E-state index is 12.4. The van der Waals surface area contributed by atoms with Crippen LogP contribution >= 0.6 is 0 Å². The molecule has 33 heavy (non-hydrogen) atoms. The molecular weight excluding hydrogens is 426 g/mol. The zero-order valence-electron chi connectivity index (χ0n) is 18.1. The Kier molecular flexibility index (Phi) is 7.85. The van der Waals surface area contributed by atoms with Gasteiger partial charge in [-0.2, -0.15) is 0 Å². The number of carbonyl (C=O) groups is 3. The molecule has 3 aromatic carbocycles. The number of nitrogens with one attached hydrogen (secondary N) is 3. The van der Waals surface area contributed by atoms with Gasteiger partial charge in [-0.1, -0.05) is 6.07 Å². The highest BCUT2D eigenvalue weighted by Crippen LogP contribution is 2.18. The summed E-state index contributed by atoms with van der Waals surface area (Å²) in [4.78, 5) is 35.7. The minimum atomic E-state index is -0.577. The number of methoxy groups -OCH3 is 2. The molecular formula is C24H23N3O6. The normalized spacial score (nSPS) is 10.0. The molecule has 0 aliphatic rings. The number of amides is 3. The summed E-state index contributed by atoms with van der Waals surface area (Å²) >= 11 is 0.